The number of hydrogen-bond donors (Lipinski definition) is 2. The molecule has 102 valence electrons. The molecule has 1 rings (SSSR count). The van der Waals surface area contributed by atoms with Crippen LogP contribution in [0, 0.1) is 5.41 Å². The molecule has 0 aromatic rings. The van der Waals surface area contributed by atoms with E-state index in [0.717, 1.165) is 0 Å². The van der Waals surface area contributed by atoms with Crippen LogP contribution in [0.2, 0.25) is 0 Å². The summed E-state index contributed by atoms with van der Waals surface area (Å²) in [6, 6.07) is -0.313. The van der Waals surface area contributed by atoms with Crippen molar-refractivity contribution in [2.75, 3.05) is 13.1 Å². The molecule has 0 aromatic heterocycles. The van der Waals surface area contributed by atoms with Gasteiger partial charge in [-0.15, -0.1) is 0 Å². The first-order valence-electron chi connectivity index (χ1n) is 6.06. The molecule has 1 unspecified atom stereocenters. The first-order chi connectivity index (χ1) is 8.20. The molecule has 6 heteroatoms. The number of carbonyl (C=O) groups is 2. The fourth-order valence-corrected chi connectivity index (χ4v) is 1.74. The number of rotatable bonds is 4. The fourth-order valence-electron chi connectivity index (χ4n) is 1.74. The minimum atomic E-state index is -0.617. The first-order valence-corrected chi connectivity index (χ1v) is 6.06. The van der Waals surface area contributed by atoms with E-state index in [1.54, 1.807) is 25.7 Å². The Kier molecular flexibility index (Phi) is 4.32. The number of nitrogens with zero attached hydrogens (tertiary/aromatic N) is 1. The maximum Gasteiger partial charge on any atom is 0.352 e. The Morgan fingerprint density at radius 2 is 2.17 bits per heavy atom. The SMILES string of the molecule is CC(CC(=N)C(=O)OC(C)(C)C)N1CCNC1=O. The highest BCUT2D eigenvalue weighted by atomic mass is 16.6. The van der Waals surface area contributed by atoms with Gasteiger partial charge in [-0.3, -0.25) is 5.41 Å². The zero-order valence-corrected chi connectivity index (χ0v) is 11.4. The third-order valence-corrected chi connectivity index (χ3v) is 2.57. The minimum Gasteiger partial charge on any atom is -0.456 e. The zero-order valence-electron chi connectivity index (χ0n) is 11.4. The molecule has 0 aromatic carbocycles. The van der Waals surface area contributed by atoms with Crippen LogP contribution in [0.3, 0.4) is 0 Å². The molecular weight excluding hydrogens is 234 g/mol. The normalized spacial score (nSPS) is 17.3. The van der Waals surface area contributed by atoms with E-state index in [1.165, 1.54) is 0 Å². The molecule has 0 spiro atoms. The second-order valence-corrected chi connectivity index (χ2v) is 5.46. The van der Waals surface area contributed by atoms with Crippen molar-refractivity contribution in [1.82, 2.24) is 10.2 Å². The Morgan fingerprint density at radius 3 is 2.61 bits per heavy atom. The van der Waals surface area contributed by atoms with Gasteiger partial charge < -0.3 is 15.0 Å². The summed E-state index contributed by atoms with van der Waals surface area (Å²) >= 11 is 0. The van der Waals surface area contributed by atoms with Crippen LogP contribution >= 0.6 is 0 Å². The Labute approximate surface area is 107 Å². The smallest absolute Gasteiger partial charge is 0.352 e. The van der Waals surface area contributed by atoms with Crippen LogP contribution in [0.5, 0.6) is 0 Å². The third kappa shape index (κ3) is 4.01. The molecule has 0 aliphatic carbocycles. The number of hydrogen-bond acceptors (Lipinski definition) is 4. The van der Waals surface area contributed by atoms with Crippen LogP contribution in [0.4, 0.5) is 4.79 Å². The van der Waals surface area contributed by atoms with Crippen molar-refractivity contribution in [2.24, 2.45) is 0 Å². The summed E-state index contributed by atoms with van der Waals surface area (Å²) in [6.07, 6.45) is 0.211. The van der Waals surface area contributed by atoms with Gasteiger partial charge in [-0.05, 0) is 27.7 Å². The van der Waals surface area contributed by atoms with E-state index in [2.05, 4.69) is 5.32 Å². The maximum atomic E-state index is 11.6. The summed E-state index contributed by atoms with van der Waals surface area (Å²) in [5.74, 6) is -0.617. The monoisotopic (exact) mass is 255 g/mol. The van der Waals surface area contributed by atoms with E-state index in [4.69, 9.17) is 10.1 Å². The molecule has 1 saturated heterocycles. The third-order valence-electron chi connectivity index (χ3n) is 2.57. The molecule has 1 aliphatic rings. The molecule has 0 saturated carbocycles. The fraction of sp³-hybridized carbons (Fsp3) is 0.750. The lowest BCUT2D eigenvalue weighted by atomic mass is 10.1. The van der Waals surface area contributed by atoms with Crippen LogP contribution in [0.15, 0.2) is 0 Å². The summed E-state index contributed by atoms with van der Waals surface area (Å²) in [5, 5.41) is 10.4. The topological polar surface area (TPSA) is 82.5 Å². The van der Waals surface area contributed by atoms with Gasteiger partial charge in [0.1, 0.15) is 11.3 Å². The van der Waals surface area contributed by atoms with Crippen molar-refractivity contribution < 1.29 is 14.3 Å². The van der Waals surface area contributed by atoms with Crippen LogP contribution in [-0.4, -0.2) is 47.3 Å². The van der Waals surface area contributed by atoms with Gasteiger partial charge in [0.15, 0.2) is 0 Å². The van der Waals surface area contributed by atoms with Gasteiger partial charge in [-0.2, -0.15) is 0 Å². The highest BCUT2D eigenvalue weighted by molar-refractivity contribution is 6.35. The number of urea groups is 1. The number of nitrogens with one attached hydrogen (secondary N) is 2. The largest absolute Gasteiger partial charge is 0.456 e. The van der Waals surface area contributed by atoms with Gasteiger partial charge in [0.2, 0.25) is 0 Å². The molecular formula is C12H21N3O3. The van der Waals surface area contributed by atoms with Crippen LogP contribution < -0.4 is 5.32 Å². The Bertz CT molecular complexity index is 360. The lowest BCUT2D eigenvalue weighted by Gasteiger charge is -2.24. The molecule has 1 atom stereocenters. The predicted molar refractivity (Wildman–Crippen MR) is 67.8 cm³/mol. The van der Waals surface area contributed by atoms with E-state index in [1.807, 2.05) is 6.92 Å². The zero-order chi connectivity index (χ0) is 13.9. The first kappa shape index (κ1) is 14.5. The number of esters is 1. The molecule has 1 aliphatic heterocycles. The molecule has 6 nitrogen and oxygen atoms in total. The number of amides is 2. The highest BCUT2D eigenvalue weighted by Crippen LogP contribution is 2.12. The van der Waals surface area contributed by atoms with Crippen LogP contribution in [0.25, 0.3) is 0 Å². The Hall–Kier alpha value is -1.59. The summed E-state index contributed by atoms with van der Waals surface area (Å²) in [7, 11) is 0. The van der Waals surface area contributed by atoms with Crippen molar-refractivity contribution in [3.63, 3.8) is 0 Å². The second-order valence-electron chi connectivity index (χ2n) is 5.46. The molecule has 2 N–H and O–H groups in total. The Morgan fingerprint density at radius 1 is 1.56 bits per heavy atom. The van der Waals surface area contributed by atoms with Gasteiger partial charge in [0.25, 0.3) is 0 Å². The number of carbonyl (C=O) groups excluding carboxylic acids is 2. The molecule has 18 heavy (non-hydrogen) atoms. The maximum absolute atomic E-state index is 11.6. The standard InChI is InChI=1S/C12H21N3O3/c1-8(15-6-5-14-11(15)17)7-9(13)10(16)18-12(2,3)4/h8,13H,5-7H2,1-4H3,(H,14,17). The molecule has 1 heterocycles. The van der Waals surface area contributed by atoms with E-state index in [9.17, 15) is 9.59 Å². The van der Waals surface area contributed by atoms with Crippen molar-refractivity contribution in [3.8, 4) is 0 Å². The molecule has 1 fully saturated rings. The quantitative estimate of drug-likeness (QED) is 0.584. The summed E-state index contributed by atoms with van der Waals surface area (Å²) in [5.41, 5.74) is -0.699. The van der Waals surface area contributed by atoms with Gasteiger partial charge >= 0.3 is 12.0 Å². The summed E-state index contributed by atoms with van der Waals surface area (Å²) in [6.45, 7) is 8.33. The van der Waals surface area contributed by atoms with Crippen molar-refractivity contribution in [2.45, 2.75) is 45.8 Å². The van der Waals surface area contributed by atoms with Gasteiger partial charge in [-0.25, -0.2) is 9.59 Å². The molecule has 0 bridgehead atoms. The van der Waals surface area contributed by atoms with Crippen molar-refractivity contribution in [3.05, 3.63) is 0 Å². The van der Waals surface area contributed by atoms with Crippen LogP contribution in [-0.2, 0) is 9.53 Å². The average molecular weight is 255 g/mol. The lowest BCUT2D eigenvalue weighted by molar-refractivity contribution is -0.146. The van der Waals surface area contributed by atoms with Gasteiger partial charge in [-0.1, -0.05) is 0 Å². The average Bonchev–Trinajstić information content (AvgIpc) is 2.61. The predicted octanol–water partition coefficient (Wildman–Crippen LogP) is 1.15. The van der Waals surface area contributed by atoms with Gasteiger partial charge in [0.05, 0.1) is 0 Å². The van der Waals surface area contributed by atoms with Gasteiger partial charge in [0, 0.05) is 25.6 Å². The minimum absolute atomic E-state index is 0.0999. The van der Waals surface area contributed by atoms with E-state index >= 15 is 0 Å². The lowest BCUT2D eigenvalue weighted by Crippen LogP contribution is -2.39. The molecule has 0 radical (unpaired) electrons. The molecule has 2 amide bonds. The van der Waals surface area contributed by atoms with E-state index in [0.29, 0.717) is 13.1 Å². The summed E-state index contributed by atoms with van der Waals surface area (Å²) in [4.78, 5) is 24.7. The number of ether oxygens (including phenoxy) is 1. The van der Waals surface area contributed by atoms with Crippen LogP contribution in [0.1, 0.15) is 34.1 Å². The van der Waals surface area contributed by atoms with Crippen molar-refractivity contribution >= 4 is 17.7 Å². The van der Waals surface area contributed by atoms with Crippen molar-refractivity contribution in [1.29, 1.82) is 5.41 Å². The highest BCUT2D eigenvalue weighted by Gasteiger charge is 2.28. The van der Waals surface area contributed by atoms with E-state index < -0.39 is 11.6 Å². The second kappa shape index (κ2) is 5.37. The van der Waals surface area contributed by atoms with E-state index in [-0.39, 0.29) is 24.2 Å². The Balaban J connectivity index is 2.49. The summed E-state index contributed by atoms with van der Waals surface area (Å²) < 4.78 is 5.11.